The Morgan fingerprint density at radius 1 is 1.42 bits per heavy atom. The third kappa shape index (κ3) is 3.70. The van der Waals surface area contributed by atoms with Crippen LogP contribution in [0.2, 0.25) is 0 Å². The SMILES string of the molecule is Cc1cscc1CNC(=O)NC1CCC(C(=O)O)C1. The third-order valence-corrected chi connectivity index (χ3v) is 4.43. The molecule has 1 aliphatic rings. The van der Waals surface area contributed by atoms with Crippen LogP contribution in [0.1, 0.15) is 30.4 Å². The smallest absolute Gasteiger partial charge is 0.315 e. The Morgan fingerprint density at radius 3 is 2.79 bits per heavy atom. The Hall–Kier alpha value is -1.56. The lowest BCUT2D eigenvalue weighted by molar-refractivity contribution is -0.141. The van der Waals surface area contributed by atoms with Gasteiger partial charge in [-0.25, -0.2) is 4.79 Å². The zero-order valence-electron chi connectivity index (χ0n) is 10.8. The van der Waals surface area contributed by atoms with E-state index in [1.54, 1.807) is 11.3 Å². The van der Waals surface area contributed by atoms with E-state index < -0.39 is 5.97 Å². The maximum absolute atomic E-state index is 11.7. The van der Waals surface area contributed by atoms with Gasteiger partial charge in [-0.1, -0.05) is 0 Å². The lowest BCUT2D eigenvalue weighted by atomic mass is 10.1. The second-order valence-corrected chi connectivity index (χ2v) is 5.70. The highest BCUT2D eigenvalue weighted by atomic mass is 32.1. The summed E-state index contributed by atoms with van der Waals surface area (Å²) in [6.07, 6.45) is 1.91. The number of rotatable bonds is 4. The Bertz CT molecular complexity index is 472. The summed E-state index contributed by atoms with van der Waals surface area (Å²) in [7, 11) is 0. The number of aliphatic carboxylic acids is 1. The van der Waals surface area contributed by atoms with Gasteiger partial charge in [-0.3, -0.25) is 4.79 Å². The van der Waals surface area contributed by atoms with Crippen molar-refractivity contribution in [3.05, 3.63) is 21.9 Å². The van der Waals surface area contributed by atoms with Crippen LogP contribution in [0.3, 0.4) is 0 Å². The van der Waals surface area contributed by atoms with Gasteiger partial charge in [0.05, 0.1) is 5.92 Å². The first kappa shape index (κ1) is 13.9. The van der Waals surface area contributed by atoms with Crippen LogP contribution in [0, 0.1) is 12.8 Å². The largest absolute Gasteiger partial charge is 0.481 e. The predicted octanol–water partition coefficient (Wildman–Crippen LogP) is 2.11. The Kier molecular flexibility index (Phi) is 4.42. The number of hydrogen-bond acceptors (Lipinski definition) is 3. The van der Waals surface area contributed by atoms with E-state index in [1.807, 2.05) is 17.7 Å². The van der Waals surface area contributed by atoms with Crippen LogP contribution in [0.5, 0.6) is 0 Å². The number of carboxylic acids is 1. The molecule has 104 valence electrons. The number of hydrogen-bond donors (Lipinski definition) is 3. The van der Waals surface area contributed by atoms with Gasteiger partial charge in [0, 0.05) is 12.6 Å². The fraction of sp³-hybridized carbons (Fsp3) is 0.538. The quantitative estimate of drug-likeness (QED) is 0.791. The van der Waals surface area contributed by atoms with Gasteiger partial charge in [0.2, 0.25) is 0 Å². The maximum Gasteiger partial charge on any atom is 0.315 e. The molecule has 5 nitrogen and oxygen atoms in total. The second kappa shape index (κ2) is 6.06. The lowest BCUT2D eigenvalue weighted by Crippen LogP contribution is -2.40. The van der Waals surface area contributed by atoms with E-state index >= 15 is 0 Å². The highest BCUT2D eigenvalue weighted by molar-refractivity contribution is 7.08. The number of amides is 2. The molecule has 2 unspecified atom stereocenters. The summed E-state index contributed by atoms with van der Waals surface area (Å²) in [5, 5.41) is 18.6. The number of carbonyl (C=O) groups excluding carboxylic acids is 1. The first-order chi connectivity index (χ1) is 9.06. The van der Waals surface area contributed by atoms with Crippen molar-refractivity contribution in [3.8, 4) is 0 Å². The molecular weight excluding hydrogens is 264 g/mol. The van der Waals surface area contributed by atoms with Crippen molar-refractivity contribution in [1.82, 2.24) is 10.6 Å². The summed E-state index contributed by atoms with van der Waals surface area (Å²) >= 11 is 1.62. The first-order valence-corrected chi connectivity index (χ1v) is 7.29. The van der Waals surface area contributed by atoms with E-state index in [0.717, 1.165) is 12.0 Å². The van der Waals surface area contributed by atoms with E-state index in [4.69, 9.17) is 5.11 Å². The number of urea groups is 1. The van der Waals surface area contributed by atoms with E-state index in [9.17, 15) is 9.59 Å². The van der Waals surface area contributed by atoms with Crippen molar-refractivity contribution in [1.29, 1.82) is 0 Å². The van der Waals surface area contributed by atoms with Crippen molar-refractivity contribution < 1.29 is 14.7 Å². The Morgan fingerprint density at radius 2 is 2.21 bits per heavy atom. The summed E-state index contributed by atoms with van der Waals surface area (Å²) < 4.78 is 0. The molecule has 2 rings (SSSR count). The van der Waals surface area contributed by atoms with Gasteiger partial charge in [0.25, 0.3) is 0 Å². The lowest BCUT2D eigenvalue weighted by Gasteiger charge is -2.13. The molecule has 1 saturated carbocycles. The van der Waals surface area contributed by atoms with E-state index in [0.29, 0.717) is 19.4 Å². The normalized spacial score (nSPS) is 22.2. The second-order valence-electron chi connectivity index (χ2n) is 4.95. The van der Waals surface area contributed by atoms with Crippen LogP contribution in [-0.4, -0.2) is 23.1 Å². The van der Waals surface area contributed by atoms with Crippen molar-refractivity contribution in [2.75, 3.05) is 0 Å². The maximum atomic E-state index is 11.7. The average Bonchev–Trinajstić information content (AvgIpc) is 2.96. The molecule has 19 heavy (non-hydrogen) atoms. The van der Waals surface area contributed by atoms with Crippen LogP contribution in [0.15, 0.2) is 10.8 Å². The Labute approximate surface area is 116 Å². The van der Waals surface area contributed by atoms with Gasteiger partial charge in [0.15, 0.2) is 0 Å². The first-order valence-electron chi connectivity index (χ1n) is 6.35. The molecule has 2 amide bonds. The van der Waals surface area contributed by atoms with E-state index in [1.165, 1.54) is 5.56 Å². The molecule has 0 aliphatic heterocycles. The Balaban J connectivity index is 1.73. The van der Waals surface area contributed by atoms with Crippen LogP contribution in [0.25, 0.3) is 0 Å². The van der Waals surface area contributed by atoms with Crippen molar-refractivity contribution >= 4 is 23.3 Å². The van der Waals surface area contributed by atoms with Crippen LogP contribution < -0.4 is 10.6 Å². The van der Waals surface area contributed by atoms with Crippen molar-refractivity contribution in [2.24, 2.45) is 5.92 Å². The summed E-state index contributed by atoms with van der Waals surface area (Å²) in [5.74, 6) is -1.08. The van der Waals surface area contributed by atoms with Gasteiger partial charge in [0.1, 0.15) is 0 Å². The standard InChI is InChI=1S/C13H18N2O3S/c1-8-6-19-7-10(8)5-14-13(18)15-11-3-2-9(4-11)12(16)17/h6-7,9,11H,2-5H2,1H3,(H,16,17)(H2,14,15,18). The average molecular weight is 282 g/mol. The molecule has 1 aliphatic carbocycles. The topological polar surface area (TPSA) is 78.4 Å². The van der Waals surface area contributed by atoms with Gasteiger partial charge >= 0.3 is 12.0 Å². The van der Waals surface area contributed by atoms with Crippen molar-refractivity contribution in [3.63, 3.8) is 0 Å². The molecule has 0 saturated heterocycles. The fourth-order valence-electron chi connectivity index (χ4n) is 2.32. The molecule has 2 atom stereocenters. The number of nitrogens with one attached hydrogen (secondary N) is 2. The summed E-state index contributed by atoms with van der Waals surface area (Å²) in [4.78, 5) is 22.5. The van der Waals surface area contributed by atoms with Gasteiger partial charge < -0.3 is 15.7 Å². The fourth-order valence-corrected chi connectivity index (χ4v) is 3.17. The molecule has 3 N–H and O–H groups in total. The minimum Gasteiger partial charge on any atom is -0.481 e. The molecule has 0 bridgehead atoms. The number of thiophene rings is 1. The van der Waals surface area contributed by atoms with Gasteiger partial charge in [-0.05, 0) is 48.1 Å². The van der Waals surface area contributed by atoms with E-state index in [2.05, 4.69) is 10.6 Å². The van der Waals surface area contributed by atoms with Crippen LogP contribution in [0.4, 0.5) is 4.79 Å². The number of carbonyl (C=O) groups is 2. The van der Waals surface area contributed by atoms with E-state index in [-0.39, 0.29) is 18.0 Å². The zero-order valence-corrected chi connectivity index (χ0v) is 11.6. The molecule has 1 aromatic heterocycles. The molecule has 0 radical (unpaired) electrons. The predicted molar refractivity (Wildman–Crippen MR) is 73.2 cm³/mol. The molecule has 6 heteroatoms. The van der Waals surface area contributed by atoms with Crippen LogP contribution in [-0.2, 0) is 11.3 Å². The molecule has 1 heterocycles. The molecular formula is C13H18N2O3S. The summed E-state index contributed by atoms with van der Waals surface area (Å²) in [5.41, 5.74) is 2.30. The summed E-state index contributed by atoms with van der Waals surface area (Å²) in [6, 6.07) is -0.244. The van der Waals surface area contributed by atoms with Gasteiger partial charge in [-0.15, -0.1) is 0 Å². The number of aryl methyl sites for hydroxylation is 1. The van der Waals surface area contributed by atoms with Crippen molar-refractivity contribution in [2.45, 2.75) is 38.8 Å². The zero-order chi connectivity index (χ0) is 13.8. The molecule has 0 spiro atoms. The summed E-state index contributed by atoms with van der Waals surface area (Å²) in [6.45, 7) is 2.52. The molecule has 1 fully saturated rings. The monoisotopic (exact) mass is 282 g/mol. The number of carboxylic acid groups (broad SMARTS) is 1. The van der Waals surface area contributed by atoms with Gasteiger partial charge in [-0.2, -0.15) is 11.3 Å². The highest BCUT2D eigenvalue weighted by Gasteiger charge is 2.30. The molecule has 1 aromatic rings. The molecule has 0 aromatic carbocycles. The van der Waals surface area contributed by atoms with Crippen LogP contribution >= 0.6 is 11.3 Å². The minimum absolute atomic E-state index is 0.0235. The minimum atomic E-state index is -0.765. The third-order valence-electron chi connectivity index (χ3n) is 3.52. The highest BCUT2D eigenvalue weighted by Crippen LogP contribution is 2.25.